The Morgan fingerprint density at radius 3 is 2.54 bits per heavy atom. The van der Waals surface area contributed by atoms with Gasteiger partial charge in [0.25, 0.3) is 0 Å². The Morgan fingerprint density at radius 2 is 1.93 bits per heavy atom. The maximum Gasteiger partial charge on any atom is 0.164 e. The van der Waals surface area contributed by atoms with E-state index < -0.39 is 0 Å². The number of hydrogen-bond acceptors (Lipinski definition) is 5. The Balaban J connectivity index is 0.000000285. The van der Waals surface area contributed by atoms with Gasteiger partial charge in [0.05, 0.1) is 12.6 Å². The van der Waals surface area contributed by atoms with Gasteiger partial charge in [0.15, 0.2) is 11.6 Å². The van der Waals surface area contributed by atoms with Crippen LogP contribution in [0.15, 0.2) is 48.7 Å². The number of anilines is 1. The van der Waals surface area contributed by atoms with Crippen LogP contribution in [0, 0.1) is 13.8 Å². The first-order chi connectivity index (χ1) is 12.8. The van der Waals surface area contributed by atoms with Gasteiger partial charge < -0.3 is 15.4 Å². The minimum Gasteiger partial charge on any atom is -0.489 e. The van der Waals surface area contributed by atoms with E-state index in [0.717, 1.165) is 40.6 Å². The van der Waals surface area contributed by atoms with Gasteiger partial charge in [0.1, 0.15) is 12.4 Å². The summed E-state index contributed by atoms with van der Waals surface area (Å²) in [6, 6.07) is 11.4. The molecule has 1 aromatic carbocycles. The number of Topliss-reactive ketones (excluding diaryl/α,β-unsaturated/α-hetero) is 1. The third kappa shape index (κ3) is 7.95. The van der Waals surface area contributed by atoms with Crippen molar-refractivity contribution >= 4 is 11.6 Å². The molecule has 1 radical (unpaired) electrons. The normalized spacial score (nSPS) is 12.5. The Morgan fingerprint density at radius 1 is 1.25 bits per heavy atom. The average Bonchev–Trinajstić information content (AvgIpc) is 2.63. The molecule has 28 heavy (non-hydrogen) atoms. The van der Waals surface area contributed by atoms with Crippen LogP contribution in [0.4, 0.5) is 5.82 Å². The first kappa shape index (κ1) is 24.1. The number of ketones is 1. The fraction of sp³-hybridized carbons (Fsp3) is 0.273. The van der Waals surface area contributed by atoms with E-state index >= 15 is 0 Å². The Hall–Kier alpha value is -1.98. The molecule has 3 rings (SSSR count). The van der Waals surface area contributed by atoms with Crippen LogP contribution in [0.3, 0.4) is 0 Å². The number of nitrogens with one attached hydrogen (secondary N) is 2. The standard InChI is InChI=1S/C14H18NO.C8H9N2O.Y/c1-10(2)15-14(12(4)16)9-13-7-5-11(3)6-8-13;1-6-2-3-7-8(10-6)9-4-5-11-7;/h5-8,14-15H,1,3,9H2,2,4H3;2-3H,1,4-5H2,(H,9,10);/q2*-1;/t14-;;/m0../s1. The number of aromatic nitrogens is 1. The smallest absolute Gasteiger partial charge is 0.164 e. The molecule has 0 spiro atoms. The average molecular weight is 454 g/mol. The van der Waals surface area contributed by atoms with Crippen molar-refractivity contribution in [3.8, 4) is 5.75 Å². The first-order valence-electron chi connectivity index (χ1n) is 8.88. The number of allylic oxidation sites excluding steroid dienone is 1. The monoisotopic (exact) mass is 454 g/mol. The number of rotatable bonds is 5. The summed E-state index contributed by atoms with van der Waals surface area (Å²) in [5.74, 6) is 1.76. The van der Waals surface area contributed by atoms with Crippen molar-refractivity contribution in [2.75, 3.05) is 18.5 Å². The van der Waals surface area contributed by atoms with E-state index in [4.69, 9.17) is 4.74 Å². The zero-order valence-corrected chi connectivity index (χ0v) is 19.5. The molecule has 2 heterocycles. The van der Waals surface area contributed by atoms with Gasteiger partial charge in [-0.15, -0.1) is 12.1 Å². The topological polar surface area (TPSA) is 63.2 Å². The number of benzene rings is 1. The zero-order chi connectivity index (χ0) is 19.8. The number of ether oxygens (including phenoxy) is 1. The van der Waals surface area contributed by atoms with Gasteiger partial charge in [0, 0.05) is 38.4 Å². The second kappa shape index (κ2) is 11.8. The molecule has 147 valence electrons. The molecular weight excluding hydrogens is 427 g/mol. The van der Waals surface area contributed by atoms with Gasteiger partial charge in [-0.25, -0.2) is 6.92 Å². The quantitative estimate of drug-likeness (QED) is 0.677. The van der Waals surface area contributed by atoms with Crippen molar-refractivity contribution in [3.05, 3.63) is 79.3 Å². The van der Waals surface area contributed by atoms with Gasteiger partial charge >= 0.3 is 0 Å². The van der Waals surface area contributed by atoms with E-state index in [2.05, 4.69) is 36.0 Å². The van der Waals surface area contributed by atoms with Crippen molar-refractivity contribution in [3.63, 3.8) is 0 Å². The van der Waals surface area contributed by atoms with Crippen LogP contribution in [-0.4, -0.2) is 30.0 Å². The van der Waals surface area contributed by atoms with Crippen molar-refractivity contribution in [1.29, 1.82) is 0 Å². The van der Waals surface area contributed by atoms with E-state index in [1.54, 1.807) is 6.92 Å². The molecule has 6 heteroatoms. The molecule has 1 atom stereocenters. The molecule has 2 aromatic rings. The zero-order valence-electron chi connectivity index (χ0n) is 16.6. The molecule has 0 fully saturated rings. The minimum atomic E-state index is -0.187. The predicted molar refractivity (Wildman–Crippen MR) is 110 cm³/mol. The molecule has 0 bridgehead atoms. The molecule has 5 nitrogen and oxygen atoms in total. The van der Waals surface area contributed by atoms with Crippen LogP contribution in [0.5, 0.6) is 5.75 Å². The van der Waals surface area contributed by atoms with E-state index in [1.807, 2.05) is 43.3 Å². The second-order valence-electron chi connectivity index (χ2n) is 6.53. The molecule has 1 aromatic heterocycles. The second-order valence-corrected chi connectivity index (χ2v) is 6.53. The summed E-state index contributed by atoms with van der Waals surface area (Å²) < 4.78 is 5.33. The Bertz CT molecular complexity index is 791. The molecule has 1 aliphatic rings. The van der Waals surface area contributed by atoms with Crippen molar-refractivity contribution < 1.29 is 42.2 Å². The minimum absolute atomic E-state index is 0. The molecule has 2 N–H and O–H groups in total. The van der Waals surface area contributed by atoms with Crippen LogP contribution >= 0.6 is 0 Å². The van der Waals surface area contributed by atoms with Crippen LogP contribution in [0.1, 0.15) is 30.7 Å². The van der Waals surface area contributed by atoms with Crippen molar-refractivity contribution in [2.45, 2.75) is 26.3 Å². The molecule has 0 amide bonds. The van der Waals surface area contributed by atoms with Crippen molar-refractivity contribution in [2.24, 2.45) is 0 Å². The fourth-order valence-corrected chi connectivity index (χ4v) is 2.57. The molecular formula is C22H27N3O2Y-2. The Labute approximate surface area is 193 Å². The molecule has 0 unspecified atom stereocenters. The first-order valence-corrected chi connectivity index (χ1v) is 8.88. The van der Waals surface area contributed by atoms with Crippen molar-refractivity contribution in [1.82, 2.24) is 10.3 Å². The number of fused-ring (bicyclic) bond motifs is 1. The van der Waals surface area contributed by atoms with Gasteiger partial charge in [-0.1, -0.05) is 23.9 Å². The van der Waals surface area contributed by atoms with E-state index in [1.165, 1.54) is 0 Å². The summed E-state index contributed by atoms with van der Waals surface area (Å²) in [6.07, 6.45) is 0.683. The van der Waals surface area contributed by atoms with Crippen LogP contribution in [0.2, 0.25) is 0 Å². The maximum atomic E-state index is 11.4. The molecule has 0 aliphatic carbocycles. The largest absolute Gasteiger partial charge is 0.489 e. The van der Waals surface area contributed by atoms with Crippen LogP contribution in [-0.2, 0) is 43.9 Å². The summed E-state index contributed by atoms with van der Waals surface area (Å²) in [7, 11) is 0. The third-order valence-corrected chi connectivity index (χ3v) is 3.94. The van der Waals surface area contributed by atoms with Gasteiger partial charge in [0.2, 0.25) is 0 Å². The van der Waals surface area contributed by atoms with Gasteiger partial charge in [-0.3, -0.25) is 9.78 Å². The summed E-state index contributed by atoms with van der Waals surface area (Å²) in [4.78, 5) is 15.6. The third-order valence-electron chi connectivity index (χ3n) is 3.94. The van der Waals surface area contributed by atoms with Crippen LogP contribution < -0.4 is 15.4 Å². The number of carbonyl (C=O) groups is 1. The summed E-state index contributed by atoms with van der Waals surface area (Å²) in [5, 5.41) is 6.21. The number of nitrogens with zero attached hydrogens (tertiary/aromatic N) is 1. The van der Waals surface area contributed by atoms with E-state index in [0.29, 0.717) is 13.0 Å². The SMILES string of the molecule is C=C(C)N[C@@H](Cc1ccc([CH2-])cc1)C(C)=O.[CH2-]c1ccc2c(n1)NCCO2.[Y]. The Kier molecular flexibility index (Phi) is 10.1. The van der Waals surface area contributed by atoms with E-state index in [9.17, 15) is 4.79 Å². The number of hydrogen-bond donors (Lipinski definition) is 2. The van der Waals surface area contributed by atoms with E-state index in [-0.39, 0.29) is 44.5 Å². The fourth-order valence-electron chi connectivity index (χ4n) is 2.57. The summed E-state index contributed by atoms with van der Waals surface area (Å²) in [5.41, 5.74) is 3.69. The molecule has 0 saturated carbocycles. The molecule has 0 saturated heterocycles. The van der Waals surface area contributed by atoms with Gasteiger partial charge in [-0.2, -0.15) is 30.7 Å². The maximum absolute atomic E-state index is 11.4. The predicted octanol–water partition coefficient (Wildman–Crippen LogP) is 3.56. The molecule has 1 aliphatic heterocycles. The summed E-state index contributed by atoms with van der Waals surface area (Å²) >= 11 is 0. The number of carbonyl (C=O) groups excluding carboxylic acids is 1. The summed E-state index contributed by atoms with van der Waals surface area (Å²) in [6.45, 7) is 16.3. The van der Waals surface area contributed by atoms with Crippen LogP contribution in [0.25, 0.3) is 0 Å². The van der Waals surface area contributed by atoms with Gasteiger partial charge in [-0.05, 0) is 20.3 Å². The number of pyridine rings is 1.